The van der Waals surface area contributed by atoms with Crippen molar-refractivity contribution in [1.82, 2.24) is 5.32 Å². The van der Waals surface area contributed by atoms with Crippen LogP contribution >= 0.6 is 12.4 Å². The van der Waals surface area contributed by atoms with Gasteiger partial charge in [-0.25, -0.2) is 0 Å². The highest BCUT2D eigenvalue weighted by atomic mass is 35.5. The molecule has 21 heavy (non-hydrogen) atoms. The molecule has 1 amide bonds. The molecular formula is C16H27ClN2O2. The number of carbonyl (C=O) groups is 1. The van der Waals surface area contributed by atoms with Crippen LogP contribution in [-0.2, 0) is 4.79 Å². The van der Waals surface area contributed by atoms with Gasteiger partial charge >= 0.3 is 0 Å². The fraction of sp³-hybridized carbons (Fsp3) is 0.562. The summed E-state index contributed by atoms with van der Waals surface area (Å²) in [5, 5.41) is 2.84. The number of ether oxygens (including phenoxy) is 1. The van der Waals surface area contributed by atoms with Gasteiger partial charge in [-0.05, 0) is 43.9 Å². The summed E-state index contributed by atoms with van der Waals surface area (Å²) in [6.45, 7) is 8.52. The lowest BCUT2D eigenvalue weighted by Crippen LogP contribution is -2.50. The van der Waals surface area contributed by atoms with Crippen molar-refractivity contribution in [2.75, 3.05) is 13.2 Å². The lowest BCUT2D eigenvalue weighted by molar-refractivity contribution is -0.123. The molecule has 0 aliphatic carbocycles. The maximum Gasteiger partial charge on any atom is 0.258 e. The molecule has 0 heterocycles. The third-order valence-electron chi connectivity index (χ3n) is 3.75. The van der Waals surface area contributed by atoms with Crippen LogP contribution in [0.15, 0.2) is 18.2 Å². The predicted molar refractivity (Wildman–Crippen MR) is 89.2 cm³/mol. The van der Waals surface area contributed by atoms with Gasteiger partial charge in [0.1, 0.15) is 5.75 Å². The average molecular weight is 315 g/mol. The molecule has 0 unspecified atom stereocenters. The van der Waals surface area contributed by atoms with E-state index in [1.54, 1.807) is 0 Å². The van der Waals surface area contributed by atoms with Gasteiger partial charge in [0.05, 0.1) is 0 Å². The number of hydrogen-bond acceptors (Lipinski definition) is 3. The van der Waals surface area contributed by atoms with E-state index in [1.165, 1.54) is 0 Å². The fourth-order valence-corrected chi connectivity index (χ4v) is 1.83. The second-order valence-electron chi connectivity index (χ2n) is 5.40. The zero-order valence-electron chi connectivity index (χ0n) is 13.4. The number of hydrogen-bond donors (Lipinski definition) is 2. The molecule has 0 saturated heterocycles. The van der Waals surface area contributed by atoms with Crippen LogP contribution in [0, 0.1) is 13.8 Å². The van der Waals surface area contributed by atoms with E-state index in [-0.39, 0.29) is 30.5 Å². The molecular weight excluding hydrogens is 288 g/mol. The van der Waals surface area contributed by atoms with Crippen molar-refractivity contribution < 1.29 is 9.53 Å². The van der Waals surface area contributed by atoms with Crippen LogP contribution in [-0.4, -0.2) is 24.6 Å². The normalized spacial score (nSPS) is 10.7. The summed E-state index contributed by atoms with van der Waals surface area (Å²) in [5.74, 6) is 0.618. The molecule has 0 radical (unpaired) electrons. The highest BCUT2D eigenvalue weighted by molar-refractivity contribution is 5.85. The van der Waals surface area contributed by atoms with E-state index in [2.05, 4.69) is 5.32 Å². The highest BCUT2D eigenvalue weighted by Gasteiger charge is 2.20. The summed E-state index contributed by atoms with van der Waals surface area (Å²) in [5.41, 5.74) is 7.96. The Balaban J connectivity index is 0.00000400. The van der Waals surface area contributed by atoms with Crippen molar-refractivity contribution in [3.63, 3.8) is 0 Å². The van der Waals surface area contributed by atoms with Crippen molar-refractivity contribution in [2.45, 2.75) is 46.1 Å². The Morgan fingerprint density at radius 2 is 1.90 bits per heavy atom. The number of benzene rings is 1. The monoisotopic (exact) mass is 314 g/mol. The predicted octanol–water partition coefficient (Wildman–Crippen LogP) is 2.74. The topological polar surface area (TPSA) is 64.3 Å². The Morgan fingerprint density at radius 1 is 1.29 bits per heavy atom. The van der Waals surface area contributed by atoms with E-state index in [0.29, 0.717) is 6.54 Å². The van der Waals surface area contributed by atoms with Crippen LogP contribution in [0.25, 0.3) is 0 Å². The van der Waals surface area contributed by atoms with E-state index in [9.17, 15) is 4.79 Å². The van der Waals surface area contributed by atoms with Gasteiger partial charge in [-0.3, -0.25) is 4.79 Å². The van der Waals surface area contributed by atoms with Gasteiger partial charge < -0.3 is 15.8 Å². The van der Waals surface area contributed by atoms with Crippen LogP contribution in [0.4, 0.5) is 0 Å². The third kappa shape index (κ3) is 6.36. The van der Waals surface area contributed by atoms with Gasteiger partial charge in [0.2, 0.25) is 0 Å². The lowest BCUT2D eigenvalue weighted by Gasteiger charge is -2.26. The van der Waals surface area contributed by atoms with Crippen LogP contribution in [0.3, 0.4) is 0 Å². The molecule has 0 spiro atoms. The number of rotatable bonds is 7. The molecule has 0 saturated carbocycles. The van der Waals surface area contributed by atoms with E-state index in [4.69, 9.17) is 10.5 Å². The second-order valence-corrected chi connectivity index (χ2v) is 5.40. The number of halogens is 1. The first kappa shape index (κ1) is 19.7. The Hall–Kier alpha value is -1.26. The largest absolute Gasteiger partial charge is 0.483 e. The Morgan fingerprint density at radius 3 is 2.48 bits per heavy atom. The van der Waals surface area contributed by atoms with E-state index >= 15 is 0 Å². The summed E-state index contributed by atoms with van der Waals surface area (Å²) in [7, 11) is 0. The van der Waals surface area contributed by atoms with Crippen LogP contribution < -0.4 is 15.8 Å². The number of aryl methyl sites for hydroxylation is 2. The first-order valence-corrected chi connectivity index (χ1v) is 7.16. The average Bonchev–Trinajstić information content (AvgIpc) is 2.45. The zero-order chi connectivity index (χ0) is 15.2. The summed E-state index contributed by atoms with van der Waals surface area (Å²) in [4.78, 5) is 11.8. The summed E-state index contributed by atoms with van der Waals surface area (Å²) in [6, 6.07) is 5.95. The molecule has 0 aromatic heterocycles. The van der Waals surface area contributed by atoms with Crippen molar-refractivity contribution in [2.24, 2.45) is 5.73 Å². The number of nitrogens with two attached hydrogens (primary N) is 1. The van der Waals surface area contributed by atoms with Crippen LogP contribution in [0.2, 0.25) is 0 Å². The Kier molecular flexibility index (Phi) is 8.37. The van der Waals surface area contributed by atoms with E-state index < -0.39 is 0 Å². The minimum atomic E-state index is -0.324. The zero-order valence-corrected chi connectivity index (χ0v) is 14.2. The number of amides is 1. The summed E-state index contributed by atoms with van der Waals surface area (Å²) >= 11 is 0. The molecule has 0 atom stereocenters. The summed E-state index contributed by atoms with van der Waals surface area (Å²) in [6.07, 6.45) is 1.67. The van der Waals surface area contributed by atoms with Gasteiger partial charge in [0.15, 0.2) is 6.61 Å². The molecule has 0 fully saturated rings. The molecule has 4 nitrogen and oxygen atoms in total. The van der Waals surface area contributed by atoms with Gasteiger partial charge in [-0.15, -0.1) is 12.4 Å². The first-order chi connectivity index (χ1) is 9.40. The van der Waals surface area contributed by atoms with Crippen molar-refractivity contribution in [1.29, 1.82) is 0 Å². The highest BCUT2D eigenvalue weighted by Crippen LogP contribution is 2.18. The smallest absolute Gasteiger partial charge is 0.258 e. The first-order valence-electron chi connectivity index (χ1n) is 7.16. The van der Waals surface area contributed by atoms with Crippen molar-refractivity contribution >= 4 is 18.3 Å². The minimum absolute atomic E-state index is 0. The van der Waals surface area contributed by atoms with Crippen molar-refractivity contribution in [3.8, 4) is 5.75 Å². The third-order valence-corrected chi connectivity index (χ3v) is 3.75. The second kappa shape index (κ2) is 8.90. The quantitative estimate of drug-likeness (QED) is 0.813. The van der Waals surface area contributed by atoms with Gasteiger partial charge in [-0.1, -0.05) is 26.0 Å². The molecule has 1 rings (SSSR count). The summed E-state index contributed by atoms with van der Waals surface area (Å²) < 4.78 is 5.56. The number of carbonyl (C=O) groups excluding carboxylic acids is 1. The molecule has 3 N–H and O–H groups in total. The van der Waals surface area contributed by atoms with Crippen LogP contribution in [0.5, 0.6) is 5.75 Å². The molecule has 5 heteroatoms. The van der Waals surface area contributed by atoms with Crippen LogP contribution in [0.1, 0.15) is 37.8 Å². The SMILES string of the molecule is CCC(N)(CC)CNC(=O)COc1cc(C)ccc1C.Cl. The van der Waals surface area contributed by atoms with E-state index in [0.717, 1.165) is 29.7 Å². The molecule has 120 valence electrons. The van der Waals surface area contributed by atoms with Gasteiger partial charge in [-0.2, -0.15) is 0 Å². The maximum atomic E-state index is 11.8. The number of nitrogens with one attached hydrogen (secondary N) is 1. The Bertz CT molecular complexity index is 460. The lowest BCUT2D eigenvalue weighted by atomic mass is 9.94. The van der Waals surface area contributed by atoms with Crippen molar-refractivity contribution in [3.05, 3.63) is 29.3 Å². The molecule has 0 bridgehead atoms. The van der Waals surface area contributed by atoms with E-state index in [1.807, 2.05) is 45.9 Å². The fourth-order valence-electron chi connectivity index (χ4n) is 1.83. The Labute approximate surface area is 133 Å². The maximum absolute atomic E-state index is 11.8. The molecule has 0 aliphatic rings. The standard InChI is InChI=1S/C16H26N2O2.ClH/c1-5-16(17,6-2)11-18-15(19)10-20-14-9-12(3)7-8-13(14)4;/h7-9H,5-6,10-11,17H2,1-4H3,(H,18,19);1H. The molecule has 0 aliphatic heterocycles. The molecule has 1 aromatic rings. The van der Waals surface area contributed by atoms with Gasteiger partial charge in [0.25, 0.3) is 5.91 Å². The van der Waals surface area contributed by atoms with Gasteiger partial charge in [0, 0.05) is 12.1 Å². The minimum Gasteiger partial charge on any atom is -0.483 e. The molecule has 1 aromatic carbocycles.